The van der Waals surface area contributed by atoms with Gasteiger partial charge in [0, 0.05) is 49.9 Å². The van der Waals surface area contributed by atoms with Crippen molar-refractivity contribution >= 4 is 23.7 Å². The predicted molar refractivity (Wildman–Crippen MR) is 154 cm³/mol. The van der Waals surface area contributed by atoms with Crippen molar-refractivity contribution in [3.8, 4) is 0 Å². The van der Waals surface area contributed by atoms with Gasteiger partial charge in [-0.05, 0) is 25.3 Å². The molecule has 5 fully saturated rings. The lowest BCUT2D eigenvalue weighted by atomic mass is 9.46. The van der Waals surface area contributed by atoms with Crippen LogP contribution in [0.25, 0.3) is 0 Å². The van der Waals surface area contributed by atoms with Crippen LogP contribution < -0.4 is 0 Å². The number of carbonyl (C=O) groups excluding carboxylic acids is 4. The molecule has 5 rings (SSSR count). The number of rotatable bonds is 6. The number of hydrogen-bond donors (Lipinski definition) is 4. The molecule has 14 heteroatoms. The van der Waals surface area contributed by atoms with Gasteiger partial charge in [0.1, 0.15) is 36.6 Å². The van der Waals surface area contributed by atoms with Crippen molar-refractivity contribution < 1.29 is 68.0 Å². The zero-order valence-electron chi connectivity index (χ0n) is 27.3. The Hall–Kier alpha value is -2.46. The van der Waals surface area contributed by atoms with Gasteiger partial charge in [0.25, 0.3) is 0 Å². The number of Topliss-reactive ketones (excluding diaryl/α,β-unsaturated/α-hetero) is 1. The summed E-state index contributed by atoms with van der Waals surface area (Å²) in [6.07, 6.45) is -11.6. The van der Waals surface area contributed by atoms with Crippen molar-refractivity contribution in [1.29, 1.82) is 0 Å². The van der Waals surface area contributed by atoms with Crippen LogP contribution >= 0.6 is 0 Å². The standard InChI is InChI=1S/C32H46O14/c1-13-18(44-28-24(40)23(39)22(38)19(12-33)45-28)9-10-30(7)21(13)25(41-14(2)34)17-11-20(37)31(8)32(46-31,29(17,5)6)27(43-16(4)36)26(30)42-15(3)35/h17-19,21-28,33,38-40H,1,9-12H2,2-8H3/t17-,18-,19+,21-,22+,23-,24+,25+,26-,27-,28+,30+,31+,32-/m0/s1. The minimum atomic E-state index is -1.68. The van der Waals surface area contributed by atoms with E-state index in [-0.39, 0.29) is 25.0 Å². The van der Waals surface area contributed by atoms with Crippen LogP contribution in [0.3, 0.4) is 0 Å². The second-order valence-corrected chi connectivity index (χ2v) is 14.4. The Kier molecular flexibility index (Phi) is 8.79. The van der Waals surface area contributed by atoms with Crippen LogP contribution in [0, 0.1) is 22.7 Å². The third kappa shape index (κ3) is 4.94. The monoisotopic (exact) mass is 654 g/mol. The normalized spacial score (nSPS) is 47.8. The number of aliphatic hydroxyl groups excluding tert-OH is 4. The van der Waals surface area contributed by atoms with Crippen LogP contribution in [0.4, 0.5) is 0 Å². The summed E-state index contributed by atoms with van der Waals surface area (Å²) < 4.78 is 36.3. The molecule has 0 aromatic rings. The highest BCUT2D eigenvalue weighted by Crippen LogP contribution is 2.72. The molecule has 0 radical (unpaired) electrons. The molecule has 3 aliphatic carbocycles. The zero-order chi connectivity index (χ0) is 34.3. The summed E-state index contributed by atoms with van der Waals surface area (Å²) in [5, 5.41) is 41.0. The summed E-state index contributed by atoms with van der Waals surface area (Å²) >= 11 is 0. The number of hydrogen-bond acceptors (Lipinski definition) is 14. The van der Waals surface area contributed by atoms with Gasteiger partial charge in [-0.25, -0.2) is 0 Å². The van der Waals surface area contributed by atoms with Crippen LogP contribution in [0.15, 0.2) is 12.2 Å². The molecular formula is C32H46O14. The topological polar surface area (TPSA) is 208 Å². The molecule has 258 valence electrons. The number of ether oxygens (including phenoxy) is 6. The van der Waals surface area contributed by atoms with E-state index in [1.165, 1.54) is 20.8 Å². The van der Waals surface area contributed by atoms with Crippen LogP contribution in [-0.4, -0.2) is 117 Å². The molecule has 0 amide bonds. The molecule has 14 atom stereocenters. The lowest BCUT2D eigenvalue weighted by Crippen LogP contribution is -2.71. The van der Waals surface area contributed by atoms with E-state index in [0.717, 1.165) is 0 Å². The molecule has 2 aliphatic heterocycles. The van der Waals surface area contributed by atoms with Crippen molar-refractivity contribution in [3.05, 3.63) is 12.2 Å². The highest BCUT2D eigenvalue weighted by Gasteiger charge is 2.88. The Morgan fingerprint density at radius 1 is 0.913 bits per heavy atom. The smallest absolute Gasteiger partial charge is 0.303 e. The molecule has 5 aliphatic rings. The molecule has 2 bridgehead atoms. The van der Waals surface area contributed by atoms with E-state index in [4.69, 9.17) is 28.4 Å². The first-order chi connectivity index (χ1) is 21.3. The molecule has 2 heterocycles. The fraction of sp³-hybridized carbons (Fsp3) is 0.812. The average Bonchev–Trinajstić information content (AvgIpc) is 3.62. The second-order valence-electron chi connectivity index (χ2n) is 14.4. The van der Waals surface area contributed by atoms with Gasteiger partial charge in [0.2, 0.25) is 0 Å². The van der Waals surface area contributed by atoms with Crippen LogP contribution in [0.2, 0.25) is 0 Å². The average molecular weight is 655 g/mol. The molecule has 46 heavy (non-hydrogen) atoms. The zero-order valence-corrected chi connectivity index (χ0v) is 27.3. The Morgan fingerprint density at radius 2 is 1.50 bits per heavy atom. The first-order valence-corrected chi connectivity index (χ1v) is 15.7. The van der Waals surface area contributed by atoms with Gasteiger partial charge in [0.05, 0.1) is 12.7 Å². The number of carbonyl (C=O) groups is 4. The fourth-order valence-corrected chi connectivity index (χ4v) is 9.10. The third-order valence-electron chi connectivity index (χ3n) is 11.4. The van der Waals surface area contributed by atoms with Gasteiger partial charge in [-0.15, -0.1) is 0 Å². The molecule has 0 aromatic carbocycles. The molecule has 3 saturated carbocycles. The lowest BCUT2D eigenvalue weighted by molar-refractivity contribution is -0.312. The largest absolute Gasteiger partial charge is 0.462 e. The molecule has 14 nitrogen and oxygen atoms in total. The number of epoxide rings is 1. The van der Waals surface area contributed by atoms with Crippen molar-refractivity contribution in [2.45, 2.75) is 134 Å². The number of ketones is 1. The summed E-state index contributed by atoms with van der Waals surface area (Å²) in [7, 11) is 0. The van der Waals surface area contributed by atoms with E-state index in [1.807, 2.05) is 20.8 Å². The van der Waals surface area contributed by atoms with Gasteiger partial charge in [0.15, 0.2) is 29.4 Å². The van der Waals surface area contributed by atoms with E-state index in [0.29, 0.717) is 5.57 Å². The van der Waals surface area contributed by atoms with Gasteiger partial charge < -0.3 is 48.8 Å². The van der Waals surface area contributed by atoms with Gasteiger partial charge >= 0.3 is 17.9 Å². The molecule has 1 spiro atoms. The van der Waals surface area contributed by atoms with Crippen LogP contribution in [-0.2, 0) is 47.6 Å². The Bertz CT molecular complexity index is 1300. The molecule has 0 aromatic heterocycles. The number of fused-ring (bicyclic) bond motifs is 2. The summed E-state index contributed by atoms with van der Waals surface area (Å²) in [5.41, 5.74) is -4.56. The van der Waals surface area contributed by atoms with Crippen molar-refractivity contribution in [1.82, 2.24) is 0 Å². The molecular weight excluding hydrogens is 608 g/mol. The van der Waals surface area contributed by atoms with Crippen LogP contribution in [0.5, 0.6) is 0 Å². The minimum Gasteiger partial charge on any atom is -0.462 e. The van der Waals surface area contributed by atoms with E-state index >= 15 is 0 Å². The summed E-state index contributed by atoms with van der Waals surface area (Å²) in [4.78, 5) is 52.1. The SMILES string of the molecule is C=C1[C@@H](O[C@@H]2O[C@H](CO)[C@@H](O)[C@H](O)[C@H]2O)CC[C@@]2(C)[C@@H](OC(C)=O)[C@H](OC(C)=O)[C@@]34O[C@]3(C)C(=O)C[C@@H]([C@@H](OC(C)=O)[C@H]12)C4(C)C. The summed E-state index contributed by atoms with van der Waals surface area (Å²) in [6, 6.07) is 0. The molecule has 4 N–H and O–H groups in total. The maximum absolute atomic E-state index is 13.8. The summed E-state index contributed by atoms with van der Waals surface area (Å²) in [6.45, 7) is 14.6. The quantitative estimate of drug-likeness (QED) is 0.130. The van der Waals surface area contributed by atoms with E-state index in [1.54, 1.807) is 6.92 Å². The van der Waals surface area contributed by atoms with Gasteiger partial charge in [-0.3, -0.25) is 19.2 Å². The van der Waals surface area contributed by atoms with Crippen molar-refractivity contribution in [3.63, 3.8) is 0 Å². The first-order valence-electron chi connectivity index (χ1n) is 15.7. The highest BCUT2D eigenvalue weighted by atomic mass is 16.7. The maximum Gasteiger partial charge on any atom is 0.303 e. The van der Waals surface area contributed by atoms with Gasteiger partial charge in [-0.1, -0.05) is 27.4 Å². The van der Waals surface area contributed by atoms with Crippen LogP contribution in [0.1, 0.15) is 67.7 Å². The number of aliphatic hydroxyl groups is 4. The number of esters is 3. The maximum atomic E-state index is 13.8. The van der Waals surface area contributed by atoms with E-state index in [9.17, 15) is 39.6 Å². The predicted octanol–water partition coefficient (Wildman–Crippen LogP) is 0.0956. The highest BCUT2D eigenvalue weighted by molar-refractivity contribution is 5.94. The van der Waals surface area contributed by atoms with E-state index < -0.39 is 114 Å². The first kappa shape index (κ1) is 34.9. The molecule has 0 unspecified atom stereocenters. The Morgan fingerprint density at radius 3 is 2.07 bits per heavy atom. The molecule has 2 saturated heterocycles. The van der Waals surface area contributed by atoms with Crippen molar-refractivity contribution in [2.24, 2.45) is 22.7 Å². The third-order valence-corrected chi connectivity index (χ3v) is 11.4. The Labute approximate surface area is 267 Å². The fourth-order valence-electron chi connectivity index (χ4n) is 9.10. The lowest BCUT2D eigenvalue weighted by Gasteiger charge is -2.60. The van der Waals surface area contributed by atoms with Crippen molar-refractivity contribution in [2.75, 3.05) is 6.61 Å². The summed E-state index contributed by atoms with van der Waals surface area (Å²) in [5.74, 6) is -3.79. The second kappa shape index (κ2) is 11.6. The van der Waals surface area contributed by atoms with E-state index in [2.05, 4.69) is 6.58 Å². The Balaban J connectivity index is 1.65. The van der Waals surface area contributed by atoms with Gasteiger partial charge in [-0.2, -0.15) is 0 Å². The minimum absolute atomic E-state index is 0.0354.